The lowest BCUT2D eigenvalue weighted by Gasteiger charge is -2.15. The van der Waals surface area contributed by atoms with Crippen LogP contribution in [0.2, 0.25) is 0 Å². The van der Waals surface area contributed by atoms with Crippen LogP contribution in [0.5, 0.6) is 0 Å². The highest BCUT2D eigenvalue weighted by Gasteiger charge is 2.12. The molecule has 20 heavy (non-hydrogen) atoms. The normalized spacial score (nSPS) is 12.8. The van der Waals surface area contributed by atoms with Crippen LogP contribution < -0.4 is 5.73 Å². The summed E-state index contributed by atoms with van der Waals surface area (Å²) in [6.07, 6.45) is 4.74. The van der Waals surface area contributed by atoms with Crippen molar-refractivity contribution in [2.75, 3.05) is 6.61 Å². The summed E-state index contributed by atoms with van der Waals surface area (Å²) in [6.45, 7) is 5.54. The van der Waals surface area contributed by atoms with Gasteiger partial charge in [0.15, 0.2) is 0 Å². The average molecular weight is 273 g/mol. The summed E-state index contributed by atoms with van der Waals surface area (Å²) >= 11 is 0. The molecular weight excluding hydrogens is 250 g/mol. The highest BCUT2D eigenvalue weighted by Crippen LogP contribution is 2.15. The molecule has 2 N–H and O–H groups in total. The van der Waals surface area contributed by atoms with Crippen molar-refractivity contribution < 1.29 is 4.74 Å². The molecular formula is C16H23N3O. The number of hydrogen-bond donors (Lipinski definition) is 1. The molecule has 0 radical (unpaired) electrons. The molecule has 2 aromatic rings. The summed E-state index contributed by atoms with van der Waals surface area (Å²) in [5.74, 6) is 0. The van der Waals surface area contributed by atoms with Gasteiger partial charge in [0.2, 0.25) is 0 Å². The van der Waals surface area contributed by atoms with Crippen LogP contribution >= 0.6 is 0 Å². The van der Waals surface area contributed by atoms with Crippen molar-refractivity contribution in [3.63, 3.8) is 0 Å². The number of rotatable bonds is 7. The van der Waals surface area contributed by atoms with E-state index in [0.29, 0.717) is 6.61 Å². The van der Waals surface area contributed by atoms with E-state index in [0.717, 1.165) is 18.7 Å². The van der Waals surface area contributed by atoms with Gasteiger partial charge in [-0.15, -0.1) is 0 Å². The van der Waals surface area contributed by atoms with Crippen LogP contribution in [0.15, 0.2) is 42.9 Å². The molecule has 0 aliphatic carbocycles. The molecule has 1 heterocycles. The number of nitrogens with two attached hydrogens (primary N) is 1. The van der Waals surface area contributed by atoms with Gasteiger partial charge >= 0.3 is 0 Å². The maximum absolute atomic E-state index is 6.30. The first-order chi connectivity index (χ1) is 9.66. The van der Waals surface area contributed by atoms with Gasteiger partial charge in [-0.05, 0) is 25.8 Å². The molecule has 0 spiro atoms. The molecule has 0 saturated heterocycles. The van der Waals surface area contributed by atoms with Gasteiger partial charge in [-0.3, -0.25) is 0 Å². The Morgan fingerprint density at radius 1 is 1.25 bits per heavy atom. The third-order valence-electron chi connectivity index (χ3n) is 3.21. The molecule has 0 saturated carbocycles. The Morgan fingerprint density at radius 3 is 2.70 bits per heavy atom. The molecule has 1 atom stereocenters. The molecule has 0 bridgehead atoms. The molecule has 2 rings (SSSR count). The standard InChI is InChI=1S/C16H23N3O/c1-13(2)20-9-8-19-12-18-11-16(19)15(17)10-14-6-4-3-5-7-14/h3-7,11-13,15H,8-10,17H2,1-2H3/t15-/m1/s1. The Kier molecular flexibility index (Phi) is 5.32. The molecule has 1 aromatic heterocycles. The van der Waals surface area contributed by atoms with Gasteiger partial charge < -0.3 is 15.0 Å². The number of ether oxygens (including phenoxy) is 1. The molecule has 0 fully saturated rings. The van der Waals surface area contributed by atoms with Crippen LogP contribution in [-0.4, -0.2) is 22.3 Å². The van der Waals surface area contributed by atoms with Gasteiger partial charge in [-0.1, -0.05) is 30.3 Å². The molecule has 0 unspecified atom stereocenters. The van der Waals surface area contributed by atoms with Crippen molar-refractivity contribution in [1.29, 1.82) is 0 Å². The van der Waals surface area contributed by atoms with E-state index in [1.807, 2.05) is 44.6 Å². The Morgan fingerprint density at radius 2 is 2.00 bits per heavy atom. The first-order valence-corrected chi connectivity index (χ1v) is 7.08. The minimum absolute atomic E-state index is 0.0426. The van der Waals surface area contributed by atoms with Gasteiger partial charge in [-0.2, -0.15) is 0 Å². The van der Waals surface area contributed by atoms with Gasteiger partial charge in [-0.25, -0.2) is 4.98 Å². The quantitative estimate of drug-likeness (QED) is 0.843. The zero-order valence-corrected chi connectivity index (χ0v) is 12.2. The highest BCUT2D eigenvalue weighted by atomic mass is 16.5. The molecule has 1 aromatic carbocycles. The number of nitrogens with zero attached hydrogens (tertiary/aromatic N) is 2. The van der Waals surface area contributed by atoms with Crippen LogP contribution in [0.25, 0.3) is 0 Å². The zero-order valence-electron chi connectivity index (χ0n) is 12.2. The summed E-state index contributed by atoms with van der Waals surface area (Å²) in [4.78, 5) is 4.21. The fourth-order valence-corrected chi connectivity index (χ4v) is 2.19. The predicted octanol–water partition coefficient (Wildman–Crippen LogP) is 2.55. The van der Waals surface area contributed by atoms with Crippen LogP contribution in [0.1, 0.15) is 31.1 Å². The van der Waals surface area contributed by atoms with E-state index in [4.69, 9.17) is 10.5 Å². The number of hydrogen-bond acceptors (Lipinski definition) is 3. The van der Waals surface area contributed by atoms with E-state index in [1.54, 1.807) is 0 Å². The summed E-state index contributed by atoms with van der Waals surface area (Å²) in [5.41, 5.74) is 8.60. The van der Waals surface area contributed by atoms with E-state index in [-0.39, 0.29) is 12.1 Å². The van der Waals surface area contributed by atoms with E-state index >= 15 is 0 Å². The minimum atomic E-state index is -0.0426. The second-order valence-corrected chi connectivity index (χ2v) is 5.23. The Bertz CT molecular complexity index is 507. The molecule has 4 nitrogen and oxygen atoms in total. The van der Waals surface area contributed by atoms with Crippen molar-refractivity contribution in [2.24, 2.45) is 5.73 Å². The number of aromatic nitrogens is 2. The fraction of sp³-hybridized carbons (Fsp3) is 0.438. The molecule has 108 valence electrons. The largest absolute Gasteiger partial charge is 0.377 e. The van der Waals surface area contributed by atoms with Crippen LogP contribution in [-0.2, 0) is 17.7 Å². The Balaban J connectivity index is 1.96. The average Bonchev–Trinajstić information content (AvgIpc) is 2.88. The van der Waals surface area contributed by atoms with Crippen molar-refractivity contribution in [2.45, 2.75) is 39.0 Å². The third kappa shape index (κ3) is 4.18. The SMILES string of the molecule is CC(C)OCCn1cncc1[C@H](N)Cc1ccccc1. The predicted molar refractivity (Wildman–Crippen MR) is 80.4 cm³/mol. The van der Waals surface area contributed by atoms with Gasteiger partial charge in [0.05, 0.1) is 30.8 Å². The smallest absolute Gasteiger partial charge is 0.0949 e. The van der Waals surface area contributed by atoms with E-state index in [2.05, 4.69) is 21.7 Å². The van der Waals surface area contributed by atoms with Gasteiger partial charge in [0.25, 0.3) is 0 Å². The minimum Gasteiger partial charge on any atom is -0.377 e. The van der Waals surface area contributed by atoms with Crippen LogP contribution in [0, 0.1) is 0 Å². The first kappa shape index (κ1) is 14.8. The van der Waals surface area contributed by atoms with Crippen molar-refractivity contribution in [1.82, 2.24) is 9.55 Å². The van der Waals surface area contributed by atoms with Crippen molar-refractivity contribution >= 4 is 0 Å². The highest BCUT2D eigenvalue weighted by molar-refractivity contribution is 5.18. The summed E-state index contributed by atoms with van der Waals surface area (Å²) in [7, 11) is 0. The maximum atomic E-state index is 6.30. The fourth-order valence-electron chi connectivity index (χ4n) is 2.19. The summed E-state index contributed by atoms with van der Waals surface area (Å²) in [5, 5.41) is 0. The van der Waals surface area contributed by atoms with E-state index < -0.39 is 0 Å². The monoisotopic (exact) mass is 273 g/mol. The lowest BCUT2D eigenvalue weighted by Crippen LogP contribution is -2.19. The van der Waals surface area contributed by atoms with E-state index in [1.165, 1.54) is 5.56 Å². The topological polar surface area (TPSA) is 53.1 Å². The van der Waals surface area contributed by atoms with Crippen molar-refractivity contribution in [3.05, 3.63) is 54.1 Å². The Hall–Kier alpha value is -1.65. The summed E-state index contributed by atoms with van der Waals surface area (Å²) < 4.78 is 7.66. The molecule has 0 amide bonds. The lowest BCUT2D eigenvalue weighted by molar-refractivity contribution is 0.0722. The number of imidazole rings is 1. The van der Waals surface area contributed by atoms with Gasteiger partial charge in [0.1, 0.15) is 0 Å². The lowest BCUT2D eigenvalue weighted by atomic mass is 10.0. The van der Waals surface area contributed by atoms with E-state index in [9.17, 15) is 0 Å². The van der Waals surface area contributed by atoms with Gasteiger partial charge in [0, 0.05) is 12.7 Å². The molecule has 0 aliphatic rings. The molecule has 0 aliphatic heterocycles. The second kappa shape index (κ2) is 7.22. The third-order valence-corrected chi connectivity index (χ3v) is 3.21. The summed E-state index contributed by atoms with van der Waals surface area (Å²) in [6, 6.07) is 10.2. The first-order valence-electron chi connectivity index (χ1n) is 7.08. The maximum Gasteiger partial charge on any atom is 0.0949 e. The van der Waals surface area contributed by atoms with Crippen LogP contribution in [0.4, 0.5) is 0 Å². The Labute approximate surface area is 120 Å². The zero-order chi connectivity index (χ0) is 14.4. The second-order valence-electron chi connectivity index (χ2n) is 5.23. The van der Waals surface area contributed by atoms with Crippen molar-refractivity contribution in [3.8, 4) is 0 Å². The number of benzene rings is 1. The van der Waals surface area contributed by atoms with Crippen LogP contribution in [0.3, 0.4) is 0 Å². The molecule has 4 heteroatoms.